The second kappa shape index (κ2) is 11.0. The molecule has 1 saturated heterocycles. The molecular weight excluding hydrogens is 384 g/mol. The monoisotopic (exact) mass is 418 g/mol. The fourth-order valence-corrected chi connectivity index (χ4v) is 3.82. The summed E-state index contributed by atoms with van der Waals surface area (Å²) in [5.41, 5.74) is 0.623. The van der Waals surface area contributed by atoms with Crippen molar-refractivity contribution in [3.63, 3.8) is 0 Å². The van der Waals surface area contributed by atoms with Crippen LogP contribution in [0.5, 0.6) is 0 Å². The van der Waals surface area contributed by atoms with Gasteiger partial charge in [0.2, 0.25) is 5.91 Å². The summed E-state index contributed by atoms with van der Waals surface area (Å²) in [6.45, 7) is 10.7. The molecule has 8 nitrogen and oxygen atoms in total. The highest BCUT2D eigenvalue weighted by atomic mass is 16.5. The second-order valence-corrected chi connectivity index (χ2v) is 7.80. The first-order valence-electron chi connectivity index (χ1n) is 10.9. The van der Waals surface area contributed by atoms with Crippen molar-refractivity contribution in [2.45, 2.75) is 72.8 Å². The number of piperazine rings is 1. The number of carbonyl (C=O) groups is 3. The van der Waals surface area contributed by atoms with Gasteiger partial charge in [0.1, 0.15) is 17.1 Å². The standard InChI is InChI=1S/C22H34N4O4/c1-6-8-9-10-11-18(27)26-13-12-25(14-15(26)3)21(28)20-19(22(29)30-7-2)16(4)23-17(5)24-20/h15H,6-14H2,1-5H3. The lowest BCUT2D eigenvalue weighted by molar-refractivity contribution is -0.135. The lowest BCUT2D eigenvalue weighted by atomic mass is 10.1. The number of esters is 1. The lowest BCUT2D eigenvalue weighted by Gasteiger charge is -2.40. The number of hydrogen-bond donors (Lipinski definition) is 0. The molecule has 1 aromatic rings. The topological polar surface area (TPSA) is 92.7 Å². The molecule has 1 aliphatic heterocycles. The molecule has 0 saturated carbocycles. The molecule has 0 aliphatic carbocycles. The Labute approximate surface area is 179 Å². The van der Waals surface area contributed by atoms with Crippen molar-refractivity contribution in [1.29, 1.82) is 0 Å². The average molecular weight is 419 g/mol. The Balaban J connectivity index is 2.11. The highest BCUT2D eigenvalue weighted by Gasteiger charge is 2.33. The Morgan fingerprint density at radius 1 is 1.07 bits per heavy atom. The average Bonchev–Trinajstić information content (AvgIpc) is 2.69. The minimum Gasteiger partial charge on any atom is -0.462 e. The molecule has 0 spiro atoms. The largest absolute Gasteiger partial charge is 0.462 e. The van der Waals surface area contributed by atoms with Crippen molar-refractivity contribution in [1.82, 2.24) is 19.8 Å². The van der Waals surface area contributed by atoms with Crippen LogP contribution in [0.4, 0.5) is 0 Å². The van der Waals surface area contributed by atoms with Gasteiger partial charge in [-0.25, -0.2) is 14.8 Å². The highest BCUT2D eigenvalue weighted by Crippen LogP contribution is 2.19. The predicted octanol–water partition coefficient (Wildman–Crippen LogP) is 2.91. The molecule has 2 rings (SSSR count). The number of aromatic nitrogens is 2. The van der Waals surface area contributed by atoms with E-state index in [1.165, 1.54) is 0 Å². The van der Waals surface area contributed by atoms with E-state index in [2.05, 4.69) is 16.9 Å². The van der Waals surface area contributed by atoms with Crippen LogP contribution in [0.15, 0.2) is 0 Å². The molecule has 166 valence electrons. The van der Waals surface area contributed by atoms with Gasteiger partial charge in [-0.05, 0) is 34.1 Å². The molecule has 30 heavy (non-hydrogen) atoms. The van der Waals surface area contributed by atoms with Crippen LogP contribution in [0.3, 0.4) is 0 Å². The summed E-state index contributed by atoms with van der Waals surface area (Å²) < 4.78 is 5.11. The van der Waals surface area contributed by atoms with Crippen LogP contribution in [0.2, 0.25) is 0 Å². The van der Waals surface area contributed by atoms with E-state index in [1.807, 2.05) is 11.8 Å². The Hall–Kier alpha value is -2.51. The maximum absolute atomic E-state index is 13.2. The van der Waals surface area contributed by atoms with E-state index in [0.717, 1.165) is 25.7 Å². The molecule has 8 heteroatoms. The number of aryl methyl sites for hydroxylation is 2. The number of ether oxygens (including phenoxy) is 1. The van der Waals surface area contributed by atoms with Crippen molar-refractivity contribution in [2.75, 3.05) is 26.2 Å². The number of nitrogens with zero attached hydrogens (tertiary/aromatic N) is 4. The van der Waals surface area contributed by atoms with Gasteiger partial charge in [-0.15, -0.1) is 0 Å². The molecule has 1 fully saturated rings. The zero-order chi connectivity index (χ0) is 22.3. The van der Waals surface area contributed by atoms with Gasteiger partial charge in [0, 0.05) is 32.1 Å². The van der Waals surface area contributed by atoms with Gasteiger partial charge in [-0.3, -0.25) is 9.59 Å². The van der Waals surface area contributed by atoms with Gasteiger partial charge >= 0.3 is 5.97 Å². The molecule has 1 aliphatic rings. The minimum absolute atomic E-state index is 0.0741. The van der Waals surface area contributed by atoms with E-state index in [-0.39, 0.29) is 35.7 Å². The normalized spacial score (nSPS) is 16.5. The molecule has 1 aromatic heterocycles. The van der Waals surface area contributed by atoms with E-state index < -0.39 is 5.97 Å². The Morgan fingerprint density at radius 2 is 1.80 bits per heavy atom. The van der Waals surface area contributed by atoms with E-state index in [4.69, 9.17) is 4.74 Å². The molecule has 0 bridgehead atoms. The number of hydrogen-bond acceptors (Lipinski definition) is 6. The second-order valence-electron chi connectivity index (χ2n) is 7.80. The molecule has 2 amide bonds. The fourth-order valence-electron chi connectivity index (χ4n) is 3.82. The van der Waals surface area contributed by atoms with Gasteiger partial charge < -0.3 is 14.5 Å². The SMILES string of the molecule is CCCCCCC(=O)N1CCN(C(=O)c2nc(C)nc(C)c2C(=O)OCC)CC1C. The third-order valence-electron chi connectivity index (χ3n) is 5.36. The summed E-state index contributed by atoms with van der Waals surface area (Å²) in [4.78, 5) is 50.2. The van der Waals surface area contributed by atoms with Gasteiger partial charge in [-0.2, -0.15) is 0 Å². The van der Waals surface area contributed by atoms with Crippen molar-refractivity contribution in [2.24, 2.45) is 0 Å². The molecular formula is C22H34N4O4. The van der Waals surface area contributed by atoms with Crippen molar-refractivity contribution < 1.29 is 19.1 Å². The predicted molar refractivity (Wildman–Crippen MR) is 113 cm³/mol. The van der Waals surface area contributed by atoms with E-state index in [1.54, 1.807) is 25.7 Å². The zero-order valence-electron chi connectivity index (χ0n) is 18.9. The summed E-state index contributed by atoms with van der Waals surface area (Å²) in [5, 5.41) is 0. The maximum atomic E-state index is 13.2. The quantitative estimate of drug-likeness (QED) is 0.476. The molecule has 0 aromatic carbocycles. The van der Waals surface area contributed by atoms with Gasteiger partial charge in [0.15, 0.2) is 0 Å². The minimum atomic E-state index is -0.590. The van der Waals surface area contributed by atoms with E-state index in [0.29, 0.717) is 37.6 Å². The van der Waals surface area contributed by atoms with Crippen LogP contribution in [0.25, 0.3) is 0 Å². The number of amides is 2. The third kappa shape index (κ3) is 5.77. The molecule has 1 atom stereocenters. The van der Waals surface area contributed by atoms with Crippen LogP contribution in [0, 0.1) is 13.8 Å². The van der Waals surface area contributed by atoms with Gasteiger partial charge in [-0.1, -0.05) is 26.2 Å². The molecule has 0 N–H and O–H groups in total. The lowest BCUT2D eigenvalue weighted by Crippen LogP contribution is -2.55. The molecule has 0 radical (unpaired) electrons. The number of unbranched alkanes of at least 4 members (excludes halogenated alkanes) is 3. The Bertz CT molecular complexity index is 781. The highest BCUT2D eigenvalue weighted by molar-refractivity contribution is 6.04. The van der Waals surface area contributed by atoms with Gasteiger partial charge in [0.05, 0.1) is 12.3 Å². The summed E-state index contributed by atoms with van der Waals surface area (Å²) in [6.07, 6.45) is 4.81. The van der Waals surface area contributed by atoms with Gasteiger partial charge in [0.25, 0.3) is 5.91 Å². The van der Waals surface area contributed by atoms with Crippen molar-refractivity contribution in [3.8, 4) is 0 Å². The van der Waals surface area contributed by atoms with E-state index in [9.17, 15) is 14.4 Å². The summed E-state index contributed by atoms with van der Waals surface area (Å²) in [5.74, 6) is -0.342. The molecule has 2 heterocycles. The number of carbonyl (C=O) groups excluding carboxylic acids is 3. The number of rotatable bonds is 8. The molecule has 1 unspecified atom stereocenters. The third-order valence-corrected chi connectivity index (χ3v) is 5.36. The fraction of sp³-hybridized carbons (Fsp3) is 0.682. The summed E-state index contributed by atoms with van der Waals surface area (Å²) in [7, 11) is 0. The Morgan fingerprint density at radius 3 is 2.43 bits per heavy atom. The smallest absolute Gasteiger partial charge is 0.342 e. The van der Waals surface area contributed by atoms with Crippen molar-refractivity contribution in [3.05, 3.63) is 22.8 Å². The van der Waals surface area contributed by atoms with Crippen LogP contribution in [0.1, 0.15) is 85.2 Å². The van der Waals surface area contributed by atoms with E-state index >= 15 is 0 Å². The van der Waals surface area contributed by atoms with Crippen molar-refractivity contribution >= 4 is 17.8 Å². The summed E-state index contributed by atoms with van der Waals surface area (Å²) in [6, 6.07) is -0.0866. The first kappa shape index (κ1) is 23.8. The first-order chi connectivity index (χ1) is 14.3. The van der Waals surface area contributed by atoms with Crippen LogP contribution < -0.4 is 0 Å². The van der Waals surface area contributed by atoms with Crippen LogP contribution in [-0.2, 0) is 9.53 Å². The van der Waals surface area contributed by atoms with Crippen LogP contribution >= 0.6 is 0 Å². The maximum Gasteiger partial charge on any atom is 0.342 e. The zero-order valence-corrected chi connectivity index (χ0v) is 18.9. The Kier molecular flexibility index (Phi) is 8.74. The summed E-state index contributed by atoms with van der Waals surface area (Å²) >= 11 is 0. The first-order valence-corrected chi connectivity index (χ1v) is 10.9. The van der Waals surface area contributed by atoms with Crippen LogP contribution in [-0.4, -0.2) is 69.8 Å².